The third-order valence-electron chi connectivity index (χ3n) is 3.26. The van der Waals surface area contributed by atoms with Crippen molar-refractivity contribution < 1.29 is 47.3 Å². The van der Waals surface area contributed by atoms with Gasteiger partial charge in [-0.25, -0.2) is 0 Å². The zero-order chi connectivity index (χ0) is 21.0. The van der Waals surface area contributed by atoms with E-state index >= 15 is 0 Å². The van der Waals surface area contributed by atoms with Gasteiger partial charge in [0.25, 0.3) is 0 Å². The third kappa shape index (κ3) is 17.4. The van der Waals surface area contributed by atoms with Crippen LogP contribution in [0.5, 0.6) is 0 Å². The van der Waals surface area contributed by atoms with E-state index in [1.807, 2.05) is 0 Å². The van der Waals surface area contributed by atoms with Gasteiger partial charge in [-0.1, -0.05) is 0 Å². The van der Waals surface area contributed by atoms with E-state index in [1.54, 1.807) is 0 Å². The standard InChI is InChI=1S/C9H28N3O10P5/c13-23(14)5-10(1-3-11(6-24(15)16)7-25(17)18)2-4-12(8-26(19)20)9-27(21)22/h23-27H,1-9H2,(H,13,14)(H,15,16)(H,17,18)(H,19,20)(H,21,22). The molecular weight excluding hydrogens is 465 g/mol. The van der Waals surface area contributed by atoms with Crippen molar-refractivity contribution in [3.63, 3.8) is 0 Å². The summed E-state index contributed by atoms with van der Waals surface area (Å²) in [6.07, 6.45) is -1.34. The maximum absolute atomic E-state index is 11.2. The Hall–Kier alpha value is 0.830. The molecular formula is C9H28N3O10P5. The molecule has 0 amide bonds. The minimum absolute atomic E-state index is 0.0935. The second-order valence-corrected chi connectivity index (χ2v) is 11.2. The van der Waals surface area contributed by atoms with Crippen LogP contribution in [0.1, 0.15) is 0 Å². The average Bonchev–Trinajstić information content (AvgIpc) is 2.46. The molecule has 13 nitrogen and oxygen atoms in total. The highest BCUT2D eigenvalue weighted by atomic mass is 31.1. The van der Waals surface area contributed by atoms with Crippen LogP contribution in [0, 0.1) is 0 Å². The predicted molar refractivity (Wildman–Crippen MR) is 105 cm³/mol. The van der Waals surface area contributed by atoms with Gasteiger partial charge in [0.05, 0.1) is 31.4 Å². The van der Waals surface area contributed by atoms with Gasteiger partial charge in [0.15, 0.2) is 0 Å². The lowest BCUT2D eigenvalue weighted by Crippen LogP contribution is -2.39. The number of nitrogens with zero attached hydrogens (tertiary/aromatic N) is 3. The van der Waals surface area contributed by atoms with E-state index in [0.717, 1.165) is 0 Å². The highest BCUT2D eigenvalue weighted by Crippen LogP contribution is 2.23. The molecule has 0 aliphatic heterocycles. The lowest BCUT2D eigenvalue weighted by molar-refractivity contribution is 0.220. The van der Waals surface area contributed by atoms with E-state index < -0.39 is 40.1 Å². The van der Waals surface area contributed by atoms with Crippen LogP contribution in [0.15, 0.2) is 0 Å². The van der Waals surface area contributed by atoms with Crippen LogP contribution < -0.4 is 0 Å². The van der Waals surface area contributed by atoms with Gasteiger partial charge in [-0.3, -0.25) is 37.5 Å². The fourth-order valence-corrected chi connectivity index (χ4v) is 5.98. The van der Waals surface area contributed by atoms with Crippen molar-refractivity contribution in [2.75, 3.05) is 57.6 Å². The molecule has 164 valence electrons. The summed E-state index contributed by atoms with van der Waals surface area (Å²) in [5.41, 5.74) is 0. The second-order valence-electron chi connectivity index (χ2n) is 5.67. The van der Waals surface area contributed by atoms with Gasteiger partial charge in [-0.15, -0.1) is 0 Å². The van der Waals surface area contributed by atoms with Crippen molar-refractivity contribution in [2.45, 2.75) is 0 Å². The second kappa shape index (κ2) is 15.6. The van der Waals surface area contributed by atoms with Crippen molar-refractivity contribution in [3.05, 3.63) is 0 Å². The molecule has 0 aliphatic rings. The summed E-state index contributed by atoms with van der Waals surface area (Å²) in [4.78, 5) is 49.4. The zero-order valence-electron chi connectivity index (χ0n) is 14.5. The lowest BCUT2D eigenvalue weighted by Gasteiger charge is -2.28. The molecule has 18 heteroatoms. The molecule has 0 rings (SSSR count). The summed E-state index contributed by atoms with van der Waals surface area (Å²) in [5.74, 6) is 0. The number of rotatable bonds is 16. The smallest absolute Gasteiger partial charge is 0.202 e. The summed E-state index contributed by atoms with van der Waals surface area (Å²) in [6, 6.07) is 0. The summed E-state index contributed by atoms with van der Waals surface area (Å²) in [6.45, 7) is 0.460. The predicted octanol–water partition coefficient (Wildman–Crippen LogP) is -0.985. The normalized spacial score (nSPS) is 17.9. The first-order valence-electron chi connectivity index (χ1n) is 7.75. The SMILES string of the molecule is O=[PH](O)CN(CCN(C[PH](=O)O)C[PH](=O)O)CCN(C[PH](=O)O)C[PH](=O)O. The van der Waals surface area contributed by atoms with Crippen molar-refractivity contribution >= 4 is 40.1 Å². The number of hydrogen-bond donors (Lipinski definition) is 5. The Kier molecular flexibility index (Phi) is 16.1. The van der Waals surface area contributed by atoms with Crippen molar-refractivity contribution in [1.29, 1.82) is 0 Å². The van der Waals surface area contributed by atoms with E-state index in [-0.39, 0.29) is 57.6 Å². The van der Waals surface area contributed by atoms with Gasteiger partial charge in [0.2, 0.25) is 40.1 Å². The highest BCUT2D eigenvalue weighted by molar-refractivity contribution is 7.39. The molecule has 0 heterocycles. The Bertz CT molecular complexity index is 494. The summed E-state index contributed by atoms with van der Waals surface area (Å²) in [7, 11) is -14.5. The Labute approximate surface area is 160 Å². The third-order valence-corrected chi connectivity index (χ3v) is 6.85. The molecule has 0 saturated carbocycles. The van der Waals surface area contributed by atoms with Gasteiger partial charge >= 0.3 is 0 Å². The Morgan fingerprint density at radius 1 is 0.407 bits per heavy atom. The Balaban J connectivity index is 4.85. The first-order chi connectivity index (χ1) is 12.5. The minimum Gasteiger partial charge on any atom is -0.345 e. The molecule has 0 aromatic heterocycles. The summed E-state index contributed by atoms with van der Waals surface area (Å²) in [5, 5.41) is 0. The van der Waals surface area contributed by atoms with Gasteiger partial charge < -0.3 is 24.5 Å². The molecule has 5 atom stereocenters. The van der Waals surface area contributed by atoms with Crippen LogP contribution >= 0.6 is 40.1 Å². The first kappa shape index (κ1) is 27.8. The molecule has 0 radical (unpaired) electrons. The van der Waals surface area contributed by atoms with E-state index in [2.05, 4.69) is 0 Å². The van der Waals surface area contributed by atoms with Crippen LogP contribution in [0.3, 0.4) is 0 Å². The van der Waals surface area contributed by atoms with Gasteiger partial charge in [-0.05, 0) is 0 Å². The van der Waals surface area contributed by atoms with Gasteiger partial charge in [-0.2, -0.15) is 0 Å². The molecule has 5 N–H and O–H groups in total. The maximum Gasteiger partial charge on any atom is 0.202 e. The fourth-order valence-electron chi connectivity index (χ4n) is 2.22. The van der Waals surface area contributed by atoms with E-state index in [9.17, 15) is 27.7 Å². The fraction of sp³-hybridized carbons (Fsp3) is 1.00. The lowest BCUT2D eigenvalue weighted by atomic mass is 10.4. The molecule has 0 aliphatic carbocycles. The zero-order valence-corrected chi connectivity index (χ0v) is 19.5. The molecule has 0 aromatic rings. The maximum atomic E-state index is 11.2. The minimum atomic E-state index is -2.91. The average molecular weight is 493 g/mol. The summed E-state index contributed by atoms with van der Waals surface area (Å²) >= 11 is 0. The highest BCUT2D eigenvalue weighted by Gasteiger charge is 2.16. The Morgan fingerprint density at radius 3 is 0.815 bits per heavy atom. The monoisotopic (exact) mass is 493 g/mol. The molecule has 0 bridgehead atoms. The van der Waals surface area contributed by atoms with E-state index in [1.165, 1.54) is 14.7 Å². The molecule has 0 aromatic carbocycles. The van der Waals surface area contributed by atoms with Crippen molar-refractivity contribution in [1.82, 2.24) is 14.7 Å². The van der Waals surface area contributed by atoms with Crippen LogP contribution in [0.2, 0.25) is 0 Å². The van der Waals surface area contributed by atoms with Crippen LogP contribution in [0.4, 0.5) is 0 Å². The number of hydrogen-bond acceptors (Lipinski definition) is 8. The molecule has 0 spiro atoms. The molecule has 5 unspecified atom stereocenters. The molecule has 0 saturated heterocycles. The van der Waals surface area contributed by atoms with Crippen molar-refractivity contribution in [3.8, 4) is 0 Å². The van der Waals surface area contributed by atoms with Crippen LogP contribution in [-0.2, 0) is 22.8 Å². The summed E-state index contributed by atoms with van der Waals surface area (Å²) < 4.78 is 55.2. The van der Waals surface area contributed by atoms with E-state index in [4.69, 9.17) is 19.6 Å². The van der Waals surface area contributed by atoms with Crippen molar-refractivity contribution in [2.24, 2.45) is 0 Å². The quantitative estimate of drug-likeness (QED) is 0.165. The first-order valence-corrected chi connectivity index (χ1v) is 15.6. The topological polar surface area (TPSA) is 196 Å². The van der Waals surface area contributed by atoms with E-state index in [0.29, 0.717) is 0 Å². The molecule has 27 heavy (non-hydrogen) atoms. The molecule has 0 fully saturated rings. The Morgan fingerprint density at radius 2 is 0.593 bits per heavy atom. The van der Waals surface area contributed by atoms with Gasteiger partial charge in [0, 0.05) is 26.2 Å². The van der Waals surface area contributed by atoms with Crippen LogP contribution in [-0.4, -0.2) is 96.8 Å². The van der Waals surface area contributed by atoms with Crippen LogP contribution in [0.25, 0.3) is 0 Å². The largest absolute Gasteiger partial charge is 0.345 e. The van der Waals surface area contributed by atoms with Gasteiger partial charge in [0.1, 0.15) is 0 Å².